The van der Waals surface area contributed by atoms with Gasteiger partial charge in [0.2, 0.25) is 0 Å². The van der Waals surface area contributed by atoms with Crippen molar-refractivity contribution in [1.29, 1.82) is 0 Å². The zero-order valence-corrected chi connectivity index (χ0v) is 7.01. The van der Waals surface area contributed by atoms with E-state index in [1.54, 1.807) is 4.38 Å². The summed E-state index contributed by atoms with van der Waals surface area (Å²) in [6, 6.07) is 9.86. The van der Waals surface area contributed by atoms with E-state index in [1.165, 1.54) is 0 Å². The van der Waals surface area contributed by atoms with Crippen molar-refractivity contribution in [3.05, 3.63) is 40.3 Å². The second kappa shape index (κ2) is 4.32. The van der Waals surface area contributed by atoms with E-state index >= 15 is 0 Å². The molecule has 0 spiro atoms. The molecule has 1 aromatic rings. The van der Waals surface area contributed by atoms with Gasteiger partial charge in [-0.05, 0) is 0 Å². The number of benzene rings is 1. The Morgan fingerprint density at radius 2 is 1.90 bits per heavy atom. The monoisotopic (exact) mass is 167 g/mol. The van der Waals surface area contributed by atoms with Crippen molar-refractivity contribution in [1.82, 2.24) is 0 Å². The third-order valence-corrected chi connectivity index (χ3v) is 1.62. The molecule has 0 atom stereocenters. The Bertz CT molecular complexity index is 228. The first-order chi connectivity index (χ1) is 4.93. The Balaban J connectivity index is 2.76. The Hall–Kier alpha value is -0.526. The molecule has 1 aromatic carbocycles. The van der Waals surface area contributed by atoms with Gasteiger partial charge < -0.3 is 0 Å². The summed E-state index contributed by atoms with van der Waals surface area (Å²) in [7, 11) is 0. The van der Waals surface area contributed by atoms with Gasteiger partial charge in [0.15, 0.2) is 0 Å². The molecule has 0 aliphatic heterocycles. The molecule has 0 saturated carbocycles. The van der Waals surface area contributed by atoms with E-state index in [9.17, 15) is 3.32 Å². The number of hydrogen-bond donors (Lipinski definition) is 0. The molecule has 0 heterocycles. The van der Waals surface area contributed by atoms with Crippen LogP contribution in [-0.4, -0.2) is 0 Å². The van der Waals surface area contributed by atoms with E-state index < -0.39 is 19.1 Å². The van der Waals surface area contributed by atoms with Gasteiger partial charge in [0.05, 0.1) is 0 Å². The van der Waals surface area contributed by atoms with Gasteiger partial charge in [-0.25, -0.2) is 0 Å². The van der Waals surface area contributed by atoms with Gasteiger partial charge in [0, 0.05) is 0 Å². The average molecular weight is 167 g/mol. The SMILES string of the molecule is [O]=[Ti][CH]=Cc1ccccc1. The molecule has 0 fully saturated rings. The van der Waals surface area contributed by atoms with Crippen molar-refractivity contribution < 1.29 is 22.4 Å². The van der Waals surface area contributed by atoms with Gasteiger partial charge in [0.1, 0.15) is 0 Å². The molecular formula is C8H7OTi. The molecule has 0 radical (unpaired) electrons. The molecule has 0 aromatic heterocycles. The van der Waals surface area contributed by atoms with Crippen molar-refractivity contribution >= 4 is 6.08 Å². The third-order valence-electron chi connectivity index (χ3n) is 1.14. The van der Waals surface area contributed by atoms with E-state index in [1.807, 2.05) is 36.4 Å². The number of hydrogen-bond acceptors (Lipinski definition) is 1. The first-order valence-electron chi connectivity index (χ1n) is 3.03. The van der Waals surface area contributed by atoms with Crippen molar-refractivity contribution in [2.75, 3.05) is 0 Å². The topological polar surface area (TPSA) is 17.1 Å². The van der Waals surface area contributed by atoms with Gasteiger partial charge in [0.25, 0.3) is 0 Å². The Morgan fingerprint density at radius 1 is 1.20 bits per heavy atom. The van der Waals surface area contributed by atoms with Crippen LogP contribution in [0.2, 0.25) is 0 Å². The molecule has 0 unspecified atom stereocenters. The van der Waals surface area contributed by atoms with E-state index in [4.69, 9.17) is 0 Å². The van der Waals surface area contributed by atoms with Crippen LogP contribution in [-0.2, 0) is 22.4 Å². The van der Waals surface area contributed by atoms with Crippen LogP contribution in [0.5, 0.6) is 0 Å². The summed E-state index contributed by atoms with van der Waals surface area (Å²) < 4.78 is 11.9. The van der Waals surface area contributed by atoms with Crippen LogP contribution in [0.1, 0.15) is 5.56 Å². The molecule has 0 saturated heterocycles. The number of rotatable bonds is 2. The minimum absolute atomic E-state index is 1.06. The average Bonchev–Trinajstić information content (AvgIpc) is 2.03. The zero-order valence-electron chi connectivity index (χ0n) is 5.45. The summed E-state index contributed by atoms with van der Waals surface area (Å²) in [6.45, 7) is 0. The Morgan fingerprint density at radius 3 is 2.50 bits per heavy atom. The van der Waals surface area contributed by atoms with Crippen molar-refractivity contribution in [2.45, 2.75) is 0 Å². The third kappa shape index (κ3) is 2.38. The molecule has 0 aliphatic rings. The Labute approximate surface area is 69.0 Å². The van der Waals surface area contributed by atoms with Crippen LogP contribution in [0.3, 0.4) is 0 Å². The molecule has 0 amide bonds. The van der Waals surface area contributed by atoms with Crippen molar-refractivity contribution in [2.24, 2.45) is 0 Å². The predicted octanol–water partition coefficient (Wildman–Crippen LogP) is 2.09. The summed E-state index contributed by atoms with van der Waals surface area (Å²) >= 11 is -1.06. The zero-order chi connectivity index (χ0) is 7.23. The first kappa shape index (κ1) is 7.58. The predicted molar refractivity (Wildman–Crippen MR) is 36.2 cm³/mol. The summed E-state index contributed by atoms with van der Waals surface area (Å²) in [5.74, 6) is 0. The summed E-state index contributed by atoms with van der Waals surface area (Å²) in [6.07, 6.45) is 1.88. The molecule has 2 heteroatoms. The maximum absolute atomic E-state index is 10.1. The standard InChI is InChI=1S/C8H7.O.Ti/c1-2-8-6-4-3-5-7-8;;/h1-7H;;. The molecule has 1 nitrogen and oxygen atoms in total. The summed E-state index contributed by atoms with van der Waals surface area (Å²) in [5, 5.41) is 0. The summed E-state index contributed by atoms with van der Waals surface area (Å²) in [4.78, 5) is 0. The van der Waals surface area contributed by atoms with E-state index in [-0.39, 0.29) is 0 Å². The Kier molecular flexibility index (Phi) is 3.27. The van der Waals surface area contributed by atoms with Gasteiger partial charge in [-0.3, -0.25) is 0 Å². The fraction of sp³-hybridized carbons (Fsp3) is 0. The molecule has 0 N–H and O–H groups in total. The van der Waals surface area contributed by atoms with Crippen molar-refractivity contribution in [3.8, 4) is 0 Å². The normalized spacial score (nSPS) is 9.60. The fourth-order valence-corrected chi connectivity index (χ4v) is 1.10. The molecule has 0 aliphatic carbocycles. The quantitative estimate of drug-likeness (QED) is 0.616. The van der Waals surface area contributed by atoms with Crippen LogP contribution in [0, 0.1) is 0 Å². The van der Waals surface area contributed by atoms with Crippen molar-refractivity contribution in [3.63, 3.8) is 0 Å². The minimum atomic E-state index is -1.06. The van der Waals surface area contributed by atoms with Crippen LogP contribution >= 0.6 is 0 Å². The van der Waals surface area contributed by atoms with E-state index in [0.29, 0.717) is 0 Å². The van der Waals surface area contributed by atoms with Gasteiger partial charge in [-0.15, -0.1) is 0 Å². The first-order valence-corrected chi connectivity index (χ1v) is 4.56. The summed E-state index contributed by atoms with van der Waals surface area (Å²) in [5.41, 5.74) is 1.11. The molecule has 10 heavy (non-hydrogen) atoms. The van der Waals surface area contributed by atoms with Crippen LogP contribution < -0.4 is 0 Å². The van der Waals surface area contributed by atoms with Gasteiger partial charge in [-0.1, -0.05) is 0 Å². The molecule has 0 bridgehead atoms. The van der Waals surface area contributed by atoms with Gasteiger partial charge >= 0.3 is 68.8 Å². The van der Waals surface area contributed by atoms with Crippen LogP contribution in [0.15, 0.2) is 34.7 Å². The second-order valence-electron chi connectivity index (χ2n) is 1.86. The van der Waals surface area contributed by atoms with Crippen LogP contribution in [0.25, 0.3) is 6.08 Å². The molecule has 1 rings (SSSR count). The molecular weight excluding hydrogens is 160 g/mol. The van der Waals surface area contributed by atoms with Crippen LogP contribution in [0.4, 0.5) is 0 Å². The molecule has 49 valence electrons. The van der Waals surface area contributed by atoms with E-state index in [0.717, 1.165) is 5.56 Å². The van der Waals surface area contributed by atoms with E-state index in [2.05, 4.69) is 0 Å². The maximum atomic E-state index is 10.1. The second-order valence-corrected chi connectivity index (χ2v) is 2.75. The van der Waals surface area contributed by atoms with Gasteiger partial charge in [-0.2, -0.15) is 0 Å². The fourth-order valence-electron chi connectivity index (χ4n) is 0.694.